The second kappa shape index (κ2) is 9.57. The molecule has 7 heteroatoms. The van der Waals surface area contributed by atoms with Gasteiger partial charge in [0.25, 0.3) is 5.91 Å². The average molecular weight is 419 g/mol. The Bertz CT molecular complexity index is 1030. The number of carbonyl (C=O) groups is 2. The first kappa shape index (κ1) is 20.8. The molecule has 31 heavy (non-hydrogen) atoms. The van der Waals surface area contributed by atoms with Gasteiger partial charge in [-0.1, -0.05) is 42.5 Å². The van der Waals surface area contributed by atoms with E-state index < -0.39 is 6.10 Å². The predicted molar refractivity (Wildman–Crippen MR) is 115 cm³/mol. The van der Waals surface area contributed by atoms with Gasteiger partial charge < -0.3 is 19.7 Å². The minimum absolute atomic E-state index is 0.0334. The number of aromatic nitrogens is 1. The molecule has 0 saturated carbocycles. The third-order valence-electron chi connectivity index (χ3n) is 5.31. The summed E-state index contributed by atoms with van der Waals surface area (Å²) in [6, 6.07) is 17.1. The highest BCUT2D eigenvalue weighted by atomic mass is 16.3. The average Bonchev–Trinajstić information content (AvgIpc) is 3.28. The van der Waals surface area contributed by atoms with Gasteiger partial charge in [-0.05, 0) is 36.1 Å². The first-order valence-corrected chi connectivity index (χ1v) is 10.4. The number of nitrogens with zero attached hydrogens (tertiary/aromatic N) is 2. The molecule has 1 fully saturated rings. The summed E-state index contributed by atoms with van der Waals surface area (Å²) < 4.78 is 5.50. The van der Waals surface area contributed by atoms with Crippen LogP contribution < -0.4 is 5.32 Å². The molecule has 0 spiro atoms. The van der Waals surface area contributed by atoms with E-state index in [1.807, 2.05) is 54.6 Å². The molecule has 1 aliphatic rings. The minimum atomic E-state index is -0.482. The van der Waals surface area contributed by atoms with Gasteiger partial charge in [0.05, 0.1) is 12.5 Å². The van der Waals surface area contributed by atoms with Crippen LogP contribution in [0.1, 0.15) is 34.5 Å². The van der Waals surface area contributed by atoms with Crippen LogP contribution in [0.3, 0.4) is 0 Å². The van der Waals surface area contributed by atoms with Gasteiger partial charge in [-0.25, -0.2) is 4.98 Å². The molecule has 2 N–H and O–H groups in total. The normalized spacial score (nSPS) is 16.2. The third kappa shape index (κ3) is 5.38. The summed E-state index contributed by atoms with van der Waals surface area (Å²) in [5.74, 6) is 0.0982. The molecule has 0 radical (unpaired) electrons. The highest BCUT2D eigenvalue weighted by molar-refractivity contribution is 5.92. The fourth-order valence-corrected chi connectivity index (χ4v) is 3.62. The number of nitrogens with one attached hydrogen (secondary N) is 1. The fourth-order valence-electron chi connectivity index (χ4n) is 3.62. The number of piperidine rings is 1. The maximum Gasteiger partial charge on any atom is 0.275 e. The molecule has 1 saturated heterocycles. The number of aliphatic hydroxyl groups excluding tert-OH is 1. The Hall–Kier alpha value is -3.45. The maximum absolute atomic E-state index is 12.6. The molecule has 1 atom stereocenters. The number of hydrogen-bond donors (Lipinski definition) is 2. The summed E-state index contributed by atoms with van der Waals surface area (Å²) in [4.78, 5) is 30.6. The van der Waals surface area contributed by atoms with E-state index in [9.17, 15) is 14.7 Å². The first-order chi connectivity index (χ1) is 15.1. The third-order valence-corrected chi connectivity index (χ3v) is 5.31. The Morgan fingerprint density at radius 3 is 2.61 bits per heavy atom. The Labute approximate surface area is 180 Å². The van der Waals surface area contributed by atoms with Crippen molar-refractivity contribution in [1.82, 2.24) is 15.2 Å². The summed E-state index contributed by atoms with van der Waals surface area (Å²) >= 11 is 0. The maximum atomic E-state index is 12.6. The van der Waals surface area contributed by atoms with Crippen LogP contribution in [0.25, 0.3) is 11.5 Å². The van der Waals surface area contributed by atoms with Crippen molar-refractivity contribution in [3.8, 4) is 11.5 Å². The lowest BCUT2D eigenvalue weighted by Crippen LogP contribution is -2.42. The molecule has 2 amide bonds. The SMILES string of the molecule is O=C(Cc1ccccc1)NCc1ccc(-c2nc(C(=O)N3CCCC(O)C3)co2)cc1. The molecule has 3 aromatic rings. The molecule has 1 unspecified atom stereocenters. The van der Waals surface area contributed by atoms with Gasteiger partial charge in [0.15, 0.2) is 5.69 Å². The number of rotatable bonds is 6. The van der Waals surface area contributed by atoms with Crippen LogP contribution in [0.5, 0.6) is 0 Å². The van der Waals surface area contributed by atoms with Crippen molar-refractivity contribution < 1.29 is 19.1 Å². The molecule has 160 valence electrons. The van der Waals surface area contributed by atoms with Crippen LogP contribution in [0.2, 0.25) is 0 Å². The number of β-amino-alcohol motifs (C(OH)–C–C–N with tert-alkyl or cyclic N) is 1. The number of likely N-dealkylation sites (tertiary alicyclic amines) is 1. The van der Waals surface area contributed by atoms with E-state index in [4.69, 9.17) is 4.42 Å². The summed E-state index contributed by atoms with van der Waals surface area (Å²) in [7, 11) is 0. The molecule has 4 rings (SSSR count). The van der Waals surface area contributed by atoms with Crippen molar-refractivity contribution in [1.29, 1.82) is 0 Å². The molecule has 0 bridgehead atoms. The van der Waals surface area contributed by atoms with Crippen molar-refractivity contribution in [2.75, 3.05) is 13.1 Å². The van der Waals surface area contributed by atoms with E-state index in [2.05, 4.69) is 10.3 Å². The van der Waals surface area contributed by atoms with Gasteiger partial charge in [0.1, 0.15) is 6.26 Å². The largest absolute Gasteiger partial charge is 0.444 e. The van der Waals surface area contributed by atoms with Gasteiger partial charge in [-0.2, -0.15) is 0 Å². The lowest BCUT2D eigenvalue weighted by molar-refractivity contribution is -0.120. The second-order valence-electron chi connectivity index (χ2n) is 7.72. The zero-order valence-corrected chi connectivity index (χ0v) is 17.2. The highest BCUT2D eigenvalue weighted by Crippen LogP contribution is 2.21. The van der Waals surface area contributed by atoms with Crippen molar-refractivity contribution in [2.45, 2.75) is 31.9 Å². The van der Waals surface area contributed by atoms with Crippen molar-refractivity contribution in [3.05, 3.63) is 77.7 Å². The predicted octanol–water partition coefficient (Wildman–Crippen LogP) is 2.80. The molecule has 1 aliphatic heterocycles. The van der Waals surface area contributed by atoms with Gasteiger partial charge in [0, 0.05) is 25.2 Å². The van der Waals surface area contributed by atoms with Crippen LogP contribution in [-0.4, -0.2) is 46.0 Å². The summed E-state index contributed by atoms with van der Waals surface area (Å²) in [5, 5.41) is 12.7. The smallest absolute Gasteiger partial charge is 0.275 e. The monoisotopic (exact) mass is 419 g/mol. The summed E-state index contributed by atoms with van der Waals surface area (Å²) in [5.41, 5.74) is 2.91. The van der Waals surface area contributed by atoms with Crippen LogP contribution in [0.4, 0.5) is 0 Å². The number of benzene rings is 2. The lowest BCUT2D eigenvalue weighted by Gasteiger charge is -2.29. The Kier molecular flexibility index (Phi) is 6.43. The molecule has 1 aromatic heterocycles. The summed E-state index contributed by atoms with van der Waals surface area (Å²) in [6.07, 6.45) is 2.72. The quantitative estimate of drug-likeness (QED) is 0.641. The van der Waals surface area contributed by atoms with E-state index >= 15 is 0 Å². The topological polar surface area (TPSA) is 95.7 Å². The van der Waals surface area contributed by atoms with Gasteiger partial charge in [-0.3, -0.25) is 9.59 Å². The zero-order chi connectivity index (χ0) is 21.6. The van der Waals surface area contributed by atoms with Crippen LogP contribution in [0, 0.1) is 0 Å². The van der Waals surface area contributed by atoms with Gasteiger partial charge in [-0.15, -0.1) is 0 Å². The van der Waals surface area contributed by atoms with Crippen molar-refractivity contribution in [3.63, 3.8) is 0 Å². The first-order valence-electron chi connectivity index (χ1n) is 10.4. The van der Waals surface area contributed by atoms with Crippen LogP contribution >= 0.6 is 0 Å². The van der Waals surface area contributed by atoms with Crippen LogP contribution in [0.15, 0.2) is 65.3 Å². The number of aliphatic hydroxyl groups is 1. The highest BCUT2D eigenvalue weighted by Gasteiger charge is 2.25. The molecule has 0 aliphatic carbocycles. The molecule has 7 nitrogen and oxygen atoms in total. The zero-order valence-electron chi connectivity index (χ0n) is 17.2. The summed E-state index contributed by atoms with van der Waals surface area (Å²) in [6.45, 7) is 1.37. The standard InChI is InChI=1S/C24H25N3O4/c28-20-7-4-12-27(15-20)24(30)21-16-31-23(26-21)19-10-8-18(9-11-19)14-25-22(29)13-17-5-2-1-3-6-17/h1-3,5-6,8-11,16,20,28H,4,7,12-15H2,(H,25,29). The van der Waals surface area contributed by atoms with E-state index in [0.717, 1.165) is 23.1 Å². The van der Waals surface area contributed by atoms with Gasteiger partial charge >= 0.3 is 0 Å². The Morgan fingerprint density at radius 2 is 1.87 bits per heavy atom. The molecular weight excluding hydrogens is 394 g/mol. The van der Waals surface area contributed by atoms with E-state index in [1.54, 1.807) is 4.90 Å². The van der Waals surface area contributed by atoms with Gasteiger partial charge in [0.2, 0.25) is 11.8 Å². The second-order valence-corrected chi connectivity index (χ2v) is 7.72. The van der Waals surface area contributed by atoms with E-state index in [-0.39, 0.29) is 17.5 Å². The number of carbonyl (C=O) groups excluding carboxylic acids is 2. The number of hydrogen-bond acceptors (Lipinski definition) is 5. The van der Waals surface area contributed by atoms with E-state index in [0.29, 0.717) is 38.4 Å². The number of oxazole rings is 1. The van der Waals surface area contributed by atoms with Crippen LogP contribution in [-0.2, 0) is 17.8 Å². The fraction of sp³-hybridized carbons (Fsp3) is 0.292. The molecule has 2 aromatic carbocycles. The number of amides is 2. The molecular formula is C24H25N3O4. The minimum Gasteiger partial charge on any atom is -0.444 e. The van der Waals surface area contributed by atoms with E-state index in [1.165, 1.54) is 6.26 Å². The Morgan fingerprint density at radius 1 is 1.10 bits per heavy atom. The lowest BCUT2D eigenvalue weighted by atomic mass is 10.1. The Balaban J connectivity index is 1.33. The van der Waals surface area contributed by atoms with Crippen molar-refractivity contribution in [2.24, 2.45) is 0 Å². The molecule has 2 heterocycles. The van der Waals surface area contributed by atoms with Crippen molar-refractivity contribution >= 4 is 11.8 Å².